The van der Waals surface area contributed by atoms with Crippen LogP contribution in [0.25, 0.3) is 11.4 Å². The van der Waals surface area contributed by atoms with Gasteiger partial charge in [-0.1, -0.05) is 30.3 Å². The predicted octanol–water partition coefficient (Wildman–Crippen LogP) is 1.39. The van der Waals surface area contributed by atoms with Crippen LogP contribution in [0.4, 0.5) is 0 Å². The zero-order valence-corrected chi connectivity index (χ0v) is 12.4. The topological polar surface area (TPSA) is 98.2 Å². The predicted molar refractivity (Wildman–Crippen MR) is 82.4 cm³/mol. The lowest BCUT2D eigenvalue weighted by molar-refractivity contribution is -0.122. The van der Waals surface area contributed by atoms with E-state index in [-0.39, 0.29) is 12.5 Å². The number of hydrogen-bond acceptors (Lipinski definition) is 6. The van der Waals surface area contributed by atoms with Gasteiger partial charge in [-0.25, -0.2) is 5.43 Å². The van der Waals surface area contributed by atoms with Gasteiger partial charge in [0.1, 0.15) is 18.1 Å². The van der Waals surface area contributed by atoms with Gasteiger partial charge in [0.05, 0.1) is 6.21 Å². The molecule has 8 nitrogen and oxygen atoms in total. The number of aryl methyl sites for hydroxylation is 1. The standard InChI is InChI=1S/C15H14N6O2/c1-11-7-8-13(23-11)9-16-17-14(22)10-21-19-15(18-20-21)12-5-3-2-4-6-12/h2-9H,10H2,1H3,(H,17,22)/b16-9-. The molecule has 0 radical (unpaired) electrons. The molecule has 1 aromatic carbocycles. The second-order valence-electron chi connectivity index (χ2n) is 4.75. The number of aromatic nitrogens is 4. The molecule has 0 aliphatic rings. The first-order chi connectivity index (χ1) is 11.2. The van der Waals surface area contributed by atoms with E-state index >= 15 is 0 Å². The maximum atomic E-state index is 11.8. The monoisotopic (exact) mass is 310 g/mol. The maximum Gasteiger partial charge on any atom is 0.263 e. The highest BCUT2D eigenvalue weighted by Crippen LogP contribution is 2.11. The number of nitrogens with zero attached hydrogens (tertiary/aromatic N) is 5. The van der Waals surface area contributed by atoms with E-state index in [1.807, 2.05) is 43.3 Å². The number of tetrazole rings is 1. The average molecular weight is 310 g/mol. The molecule has 0 atom stereocenters. The number of carbonyl (C=O) groups excluding carboxylic acids is 1. The SMILES string of the molecule is Cc1ccc(/C=N\NC(=O)Cn2nnc(-c3ccccc3)n2)o1. The number of carbonyl (C=O) groups is 1. The summed E-state index contributed by atoms with van der Waals surface area (Å²) in [6, 6.07) is 13.0. The molecule has 3 rings (SSSR count). The van der Waals surface area contributed by atoms with Crippen LogP contribution in [-0.2, 0) is 11.3 Å². The fraction of sp³-hybridized carbons (Fsp3) is 0.133. The van der Waals surface area contributed by atoms with Gasteiger partial charge in [-0.2, -0.15) is 9.90 Å². The number of hydrazone groups is 1. The fourth-order valence-corrected chi connectivity index (χ4v) is 1.87. The van der Waals surface area contributed by atoms with E-state index in [2.05, 4.69) is 25.9 Å². The van der Waals surface area contributed by atoms with Crippen LogP contribution >= 0.6 is 0 Å². The number of nitrogens with one attached hydrogen (secondary N) is 1. The smallest absolute Gasteiger partial charge is 0.263 e. The first-order valence-corrected chi connectivity index (χ1v) is 6.92. The Morgan fingerprint density at radius 1 is 1.30 bits per heavy atom. The quantitative estimate of drug-likeness (QED) is 0.567. The number of benzene rings is 1. The second kappa shape index (κ2) is 6.65. The van der Waals surface area contributed by atoms with Crippen LogP contribution in [0.3, 0.4) is 0 Å². The molecule has 0 saturated carbocycles. The molecule has 1 N–H and O–H groups in total. The van der Waals surface area contributed by atoms with E-state index in [1.165, 1.54) is 11.0 Å². The van der Waals surface area contributed by atoms with E-state index in [9.17, 15) is 4.79 Å². The van der Waals surface area contributed by atoms with Gasteiger partial charge in [0.15, 0.2) is 0 Å². The Morgan fingerprint density at radius 3 is 2.87 bits per heavy atom. The van der Waals surface area contributed by atoms with Crippen LogP contribution in [0.15, 0.2) is 52.0 Å². The molecule has 0 unspecified atom stereocenters. The highest BCUT2D eigenvalue weighted by atomic mass is 16.3. The van der Waals surface area contributed by atoms with Crippen LogP contribution in [-0.4, -0.2) is 32.3 Å². The molecule has 0 bridgehead atoms. The molecule has 0 spiro atoms. The Kier molecular flexibility index (Phi) is 4.23. The lowest BCUT2D eigenvalue weighted by atomic mass is 10.2. The molecule has 8 heteroatoms. The van der Waals surface area contributed by atoms with Gasteiger partial charge in [-0.05, 0) is 24.3 Å². The second-order valence-corrected chi connectivity index (χ2v) is 4.75. The van der Waals surface area contributed by atoms with E-state index < -0.39 is 0 Å². The van der Waals surface area contributed by atoms with Crippen molar-refractivity contribution in [3.63, 3.8) is 0 Å². The Hall–Kier alpha value is -3.29. The Morgan fingerprint density at radius 2 is 2.13 bits per heavy atom. The van der Waals surface area contributed by atoms with Gasteiger partial charge in [-0.3, -0.25) is 4.79 Å². The van der Waals surface area contributed by atoms with Crippen LogP contribution in [0.2, 0.25) is 0 Å². The number of amides is 1. The van der Waals surface area contributed by atoms with Crippen molar-refractivity contribution in [3.05, 3.63) is 54.0 Å². The van der Waals surface area contributed by atoms with Gasteiger partial charge in [-0.15, -0.1) is 10.2 Å². The van der Waals surface area contributed by atoms with Crippen LogP contribution in [0.1, 0.15) is 11.5 Å². The van der Waals surface area contributed by atoms with Gasteiger partial charge >= 0.3 is 0 Å². The molecule has 0 fully saturated rings. The summed E-state index contributed by atoms with van der Waals surface area (Å²) in [5.41, 5.74) is 3.22. The van der Waals surface area contributed by atoms with Crippen LogP contribution in [0.5, 0.6) is 0 Å². The lowest BCUT2D eigenvalue weighted by Crippen LogP contribution is -2.24. The lowest BCUT2D eigenvalue weighted by Gasteiger charge is -1.97. The maximum absolute atomic E-state index is 11.8. The van der Waals surface area contributed by atoms with Crippen molar-refractivity contribution in [2.24, 2.45) is 5.10 Å². The first kappa shape index (κ1) is 14.6. The minimum atomic E-state index is -0.360. The average Bonchev–Trinajstić information content (AvgIpc) is 3.17. The molecule has 1 amide bonds. The molecule has 23 heavy (non-hydrogen) atoms. The Balaban J connectivity index is 1.56. The van der Waals surface area contributed by atoms with Crippen molar-refractivity contribution in [3.8, 4) is 11.4 Å². The van der Waals surface area contributed by atoms with Gasteiger partial charge in [0.25, 0.3) is 5.91 Å². The summed E-state index contributed by atoms with van der Waals surface area (Å²) in [4.78, 5) is 13.0. The fourth-order valence-electron chi connectivity index (χ4n) is 1.87. The molecule has 0 aliphatic carbocycles. The van der Waals surface area contributed by atoms with E-state index in [0.29, 0.717) is 11.6 Å². The largest absolute Gasteiger partial charge is 0.460 e. The third kappa shape index (κ3) is 3.88. The third-order valence-electron chi connectivity index (χ3n) is 2.91. The molecule has 0 aliphatic heterocycles. The number of rotatable bonds is 5. The third-order valence-corrected chi connectivity index (χ3v) is 2.91. The normalized spacial score (nSPS) is 11.0. The molecule has 3 aromatic rings. The summed E-state index contributed by atoms with van der Waals surface area (Å²) in [6.07, 6.45) is 1.43. The van der Waals surface area contributed by atoms with E-state index in [0.717, 1.165) is 11.3 Å². The van der Waals surface area contributed by atoms with Gasteiger partial charge in [0.2, 0.25) is 5.82 Å². The number of furan rings is 1. The highest BCUT2D eigenvalue weighted by Gasteiger charge is 2.08. The van der Waals surface area contributed by atoms with Crippen molar-refractivity contribution in [1.82, 2.24) is 25.6 Å². The highest BCUT2D eigenvalue weighted by molar-refractivity contribution is 5.80. The minimum Gasteiger partial charge on any atom is -0.460 e. The molecular formula is C15H14N6O2. The van der Waals surface area contributed by atoms with Crippen molar-refractivity contribution < 1.29 is 9.21 Å². The van der Waals surface area contributed by atoms with Crippen molar-refractivity contribution >= 4 is 12.1 Å². The first-order valence-electron chi connectivity index (χ1n) is 6.92. The number of hydrogen-bond donors (Lipinski definition) is 1. The minimum absolute atomic E-state index is 0.0750. The van der Waals surface area contributed by atoms with Crippen molar-refractivity contribution in [1.29, 1.82) is 0 Å². The summed E-state index contributed by atoms with van der Waals surface area (Å²) in [5, 5.41) is 15.7. The van der Waals surface area contributed by atoms with Crippen molar-refractivity contribution in [2.75, 3.05) is 0 Å². The molecular weight excluding hydrogens is 296 g/mol. The van der Waals surface area contributed by atoms with E-state index in [4.69, 9.17) is 4.42 Å². The van der Waals surface area contributed by atoms with Crippen LogP contribution in [0, 0.1) is 6.92 Å². The van der Waals surface area contributed by atoms with Crippen molar-refractivity contribution in [2.45, 2.75) is 13.5 Å². The van der Waals surface area contributed by atoms with Gasteiger partial charge in [0, 0.05) is 5.56 Å². The summed E-state index contributed by atoms with van der Waals surface area (Å²) in [7, 11) is 0. The van der Waals surface area contributed by atoms with E-state index in [1.54, 1.807) is 6.07 Å². The summed E-state index contributed by atoms with van der Waals surface area (Å²) >= 11 is 0. The Bertz CT molecular complexity index is 821. The van der Waals surface area contributed by atoms with Gasteiger partial charge < -0.3 is 4.42 Å². The zero-order valence-electron chi connectivity index (χ0n) is 12.4. The molecule has 116 valence electrons. The summed E-state index contributed by atoms with van der Waals surface area (Å²) in [5.74, 6) is 1.44. The summed E-state index contributed by atoms with van der Waals surface area (Å²) < 4.78 is 5.30. The summed E-state index contributed by atoms with van der Waals surface area (Å²) in [6.45, 7) is 1.75. The Labute approximate surface area is 131 Å². The molecule has 2 aromatic heterocycles. The van der Waals surface area contributed by atoms with Crippen LogP contribution < -0.4 is 5.43 Å². The molecule has 2 heterocycles. The zero-order chi connectivity index (χ0) is 16.1. The molecule has 0 saturated heterocycles.